The molecule has 0 aromatic heterocycles. The summed E-state index contributed by atoms with van der Waals surface area (Å²) < 4.78 is 24.7. The summed E-state index contributed by atoms with van der Waals surface area (Å²) in [5, 5.41) is 8.71. The van der Waals surface area contributed by atoms with E-state index < -0.39 is 11.4 Å². The maximum absolute atomic E-state index is 13.8. The van der Waals surface area contributed by atoms with Crippen molar-refractivity contribution >= 4 is 6.09 Å². The molecule has 1 atom stereocenters. The lowest BCUT2D eigenvalue weighted by Gasteiger charge is -2.24. The van der Waals surface area contributed by atoms with Gasteiger partial charge in [-0.05, 0) is 39.0 Å². The van der Waals surface area contributed by atoms with Crippen molar-refractivity contribution in [1.82, 2.24) is 4.90 Å². The van der Waals surface area contributed by atoms with Crippen LogP contribution >= 0.6 is 0 Å². The summed E-state index contributed by atoms with van der Waals surface area (Å²) in [5.41, 5.74) is -0.304. The molecule has 1 aromatic rings. The van der Waals surface area contributed by atoms with E-state index in [-0.39, 0.29) is 23.5 Å². The first kappa shape index (κ1) is 16.1. The van der Waals surface area contributed by atoms with Crippen LogP contribution in [0.4, 0.5) is 9.18 Å². The van der Waals surface area contributed by atoms with Crippen molar-refractivity contribution in [2.45, 2.75) is 38.9 Å². The number of nitriles is 1. The molecule has 0 spiro atoms. The van der Waals surface area contributed by atoms with Crippen LogP contribution in [-0.2, 0) is 4.74 Å². The van der Waals surface area contributed by atoms with E-state index >= 15 is 0 Å². The SMILES string of the molecule is CC(C)(C)OC(=O)N1CC[C@H](Oc2ccc(C#N)cc2F)C1. The quantitative estimate of drug-likeness (QED) is 0.842. The Kier molecular flexibility index (Phi) is 4.55. The Balaban J connectivity index is 1.94. The molecule has 0 bridgehead atoms. The highest BCUT2D eigenvalue weighted by Crippen LogP contribution is 2.23. The van der Waals surface area contributed by atoms with E-state index in [1.54, 1.807) is 25.7 Å². The third-order valence-electron chi connectivity index (χ3n) is 3.15. The van der Waals surface area contributed by atoms with E-state index in [4.69, 9.17) is 14.7 Å². The van der Waals surface area contributed by atoms with Crippen molar-refractivity contribution < 1.29 is 18.7 Å². The van der Waals surface area contributed by atoms with Crippen LogP contribution in [0.3, 0.4) is 0 Å². The van der Waals surface area contributed by atoms with Gasteiger partial charge in [-0.25, -0.2) is 9.18 Å². The average molecular weight is 306 g/mol. The van der Waals surface area contributed by atoms with Crippen LogP contribution in [0.2, 0.25) is 0 Å². The molecule has 1 aliphatic heterocycles. The number of halogens is 1. The maximum Gasteiger partial charge on any atom is 0.410 e. The number of hydrogen-bond donors (Lipinski definition) is 0. The van der Waals surface area contributed by atoms with Gasteiger partial charge in [-0.2, -0.15) is 5.26 Å². The minimum atomic E-state index is -0.574. The predicted octanol–water partition coefficient (Wildman–Crippen LogP) is 3.09. The van der Waals surface area contributed by atoms with E-state index in [0.717, 1.165) is 6.07 Å². The lowest BCUT2D eigenvalue weighted by Crippen LogP contribution is -2.36. The number of carbonyl (C=O) groups excluding carboxylic acids is 1. The summed E-state index contributed by atoms with van der Waals surface area (Å²) in [6, 6.07) is 5.94. The van der Waals surface area contributed by atoms with Crippen LogP contribution < -0.4 is 4.74 Å². The number of ether oxygens (including phenoxy) is 2. The van der Waals surface area contributed by atoms with Gasteiger partial charge in [-0.3, -0.25) is 0 Å². The summed E-state index contributed by atoms with van der Waals surface area (Å²) in [5.74, 6) is -0.482. The first-order valence-corrected chi connectivity index (χ1v) is 7.13. The van der Waals surface area contributed by atoms with Crippen LogP contribution in [0.25, 0.3) is 0 Å². The molecule has 5 nitrogen and oxygen atoms in total. The topological polar surface area (TPSA) is 62.6 Å². The van der Waals surface area contributed by atoms with Gasteiger partial charge in [-0.15, -0.1) is 0 Å². The molecule has 6 heteroatoms. The third-order valence-corrected chi connectivity index (χ3v) is 3.15. The Morgan fingerprint density at radius 2 is 2.18 bits per heavy atom. The molecular formula is C16H19FN2O3. The highest BCUT2D eigenvalue weighted by molar-refractivity contribution is 5.68. The molecule has 0 aliphatic carbocycles. The number of rotatable bonds is 2. The summed E-state index contributed by atoms with van der Waals surface area (Å²) in [4.78, 5) is 13.5. The second kappa shape index (κ2) is 6.22. The molecule has 2 rings (SSSR count). The Hall–Kier alpha value is -2.29. The second-order valence-electron chi connectivity index (χ2n) is 6.21. The molecule has 1 aromatic carbocycles. The van der Waals surface area contributed by atoms with Crippen molar-refractivity contribution in [3.05, 3.63) is 29.6 Å². The monoisotopic (exact) mass is 306 g/mol. The molecule has 0 unspecified atom stereocenters. The first-order chi connectivity index (χ1) is 10.3. The summed E-state index contributed by atoms with van der Waals surface area (Å²) in [6.07, 6.45) is -0.0626. The van der Waals surface area contributed by atoms with Crippen molar-refractivity contribution in [1.29, 1.82) is 5.26 Å². The largest absolute Gasteiger partial charge is 0.485 e. The fraction of sp³-hybridized carbons (Fsp3) is 0.500. The lowest BCUT2D eigenvalue weighted by molar-refractivity contribution is 0.0275. The minimum absolute atomic E-state index is 0.0926. The van der Waals surface area contributed by atoms with Crippen molar-refractivity contribution in [2.24, 2.45) is 0 Å². The lowest BCUT2D eigenvalue weighted by atomic mass is 10.2. The zero-order valence-corrected chi connectivity index (χ0v) is 12.9. The standard InChI is InChI=1S/C16H19FN2O3/c1-16(2,3)22-15(20)19-7-6-12(10-19)21-14-5-4-11(9-18)8-13(14)17/h4-5,8,12H,6-7,10H2,1-3H3/t12-/m0/s1. The van der Waals surface area contributed by atoms with Gasteiger partial charge in [0, 0.05) is 13.0 Å². The minimum Gasteiger partial charge on any atom is -0.485 e. The van der Waals surface area contributed by atoms with Gasteiger partial charge in [0.2, 0.25) is 0 Å². The number of amides is 1. The zero-order chi connectivity index (χ0) is 16.3. The number of likely N-dealkylation sites (tertiary alicyclic amines) is 1. The molecule has 0 radical (unpaired) electrons. The molecule has 1 fully saturated rings. The highest BCUT2D eigenvalue weighted by Gasteiger charge is 2.31. The molecule has 1 saturated heterocycles. The summed E-state index contributed by atoms with van der Waals surface area (Å²) in [6.45, 7) is 6.29. The fourth-order valence-electron chi connectivity index (χ4n) is 2.16. The molecule has 22 heavy (non-hydrogen) atoms. The Morgan fingerprint density at radius 3 is 2.77 bits per heavy atom. The number of benzene rings is 1. The van der Waals surface area contributed by atoms with Gasteiger partial charge in [0.25, 0.3) is 0 Å². The van der Waals surface area contributed by atoms with Gasteiger partial charge in [0.15, 0.2) is 11.6 Å². The van der Waals surface area contributed by atoms with E-state index in [1.807, 2.05) is 6.07 Å². The van der Waals surface area contributed by atoms with E-state index in [0.29, 0.717) is 19.5 Å². The van der Waals surface area contributed by atoms with Crippen LogP contribution in [0, 0.1) is 17.1 Å². The van der Waals surface area contributed by atoms with Crippen molar-refractivity contribution in [3.8, 4) is 11.8 Å². The van der Waals surface area contributed by atoms with Crippen LogP contribution in [0.15, 0.2) is 18.2 Å². The van der Waals surface area contributed by atoms with E-state index in [9.17, 15) is 9.18 Å². The average Bonchev–Trinajstić information content (AvgIpc) is 2.88. The Morgan fingerprint density at radius 1 is 1.45 bits per heavy atom. The van der Waals surface area contributed by atoms with Crippen molar-refractivity contribution in [3.63, 3.8) is 0 Å². The highest BCUT2D eigenvalue weighted by atomic mass is 19.1. The van der Waals surface area contributed by atoms with Crippen LogP contribution in [0.5, 0.6) is 5.75 Å². The summed E-state index contributed by atoms with van der Waals surface area (Å²) in [7, 11) is 0. The van der Waals surface area contributed by atoms with E-state index in [1.165, 1.54) is 12.1 Å². The van der Waals surface area contributed by atoms with Crippen LogP contribution in [0.1, 0.15) is 32.8 Å². The van der Waals surface area contributed by atoms with Crippen LogP contribution in [-0.4, -0.2) is 35.8 Å². The van der Waals surface area contributed by atoms with Gasteiger partial charge in [0.1, 0.15) is 11.7 Å². The fourth-order valence-corrected chi connectivity index (χ4v) is 2.16. The first-order valence-electron chi connectivity index (χ1n) is 7.13. The molecular weight excluding hydrogens is 287 g/mol. The van der Waals surface area contributed by atoms with E-state index in [2.05, 4.69) is 0 Å². The van der Waals surface area contributed by atoms with Crippen molar-refractivity contribution in [2.75, 3.05) is 13.1 Å². The Labute approximate surface area is 129 Å². The van der Waals surface area contributed by atoms with Gasteiger partial charge >= 0.3 is 6.09 Å². The normalized spacial score (nSPS) is 18.0. The Bertz CT molecular complexity index is 604. The smallest absolute Gasteiger partial charge is 0.410 e. The molecule has 1 heterocycles. The molecule has 0 saturated carbocycles. The van der Waals surface area contributed by atoms with Gasteiger partial charge in [0.05, 0.1) is 18.2 Å². The third kappa shape index (κ3) is 4.10. The predicted molar refractivity (Wildman–Crippen MR) is 78.0 cm³/mol. The molecule has 0 N–H and O–H groups in total. The number of hydrogen-bond acceptors (Lipinski definition) is 4. The summed E-state index contributed by atoms with van der Waals surface area (Å²) >= 11 is 0. The zero-order valence-electron chi connectivity index (χ0n) is 12.9. The molecule has 118 valence electrons. The van der Waals surface area contributed by atoms with Gasteiger partial charge < -0.3 is 14.4 Å². The molecule has 1 aliphatic rings. The number of nitrogens with zero attached hydrogens (tertiary/aromatic N) is 2. The number of carbonyl (C=O) groups is 1. The molecule has 1 amide bonds. The maximum atomic E-state index is 13.8. The van der Waals surface area contributed by atoms with Gasteiger partial charge in [-0.1, -0.05) is 0 Å². The second-order valence-corrected chi connectivity index (χ2v) is 6.21.